The third-order valence-corrected chi connectivity index (χ3v) is 4.35. The average molecular weight is 309 g/mol. The maximum absolute atomic E-state index is 13.0. The van der Waals surface area contributed by atoms with Crippen LogP contribution in [0.15, 0.2) is 64.5 Å². The first-order valence-electron chi connectivity index (χ1n) is 6.65. The van der Waals surface area contributed by atoms with E-state index in [1.54, 1.807) is 23.9 Å². The van der Waals surface area contributed by atoms with Crippen molar-refractivity contribution in [3.63, 3.8) is 0 Å². The predicted octanol–water partition coefficient (Wildman–Crippen LogP) is 4.25. The van der Waals surface area contributed by atoms with Crippen LogP contribution in [0.5, 0.6) is 0 Å². The summed E-state index contributed by atoms with van der Waals surface area (Å²) >= 11 is 1.40. The van der Waals surface area contributed by atoms with Crippen LogP contribution in [0.3, 0.4) is 0 Å². The van der Waals surface area contributed by atoms with Gasteiger partial charge in [-0.3, -0.25) is 4.68 Å². The van der Waals surface area contributed by atoms with Gasteiger partial charge in [-0.15, -0.1) is 0 Å². The Hall–Kier alpha value is -2.58. The number of aromatic nitrogens is 2. The standard InChI is InChI=1S/C17H12FN3S/c1-21-17(22-14-9-7-13(18)8-10-14)15(11-19)16(20-21)12-5-3-2-4-6-12/h2-10H,1H3. The molecule has 0 aliphatic carbocycles. The van der Waals surface area contributed by atoms with Crippen molar-refractivity contribution in [2.24, 2.45) is 7.05 Å². The van der Waals surface area contributed by atoms with E-state index in [4.69, 9.17) is 0 Å². The van der Waals surface area contributed by atoms with Crippen molar-refractivity contribution >= 4 is 11.8 Å². The lowest BCUT2D eigenvalue weighted by molar-refractivity contribution is 0.626. The molecule has 0 radical (unpaired) electrons. The highest BCUT2D eigenvalue weighted by Crippen LogP contribution is 2.34. The van der Waals surface area contributed by atoms with Gasteiger partial charge in [0.2, 0.25) is 0 Å². The maximum atomic E-state index is 13.0. The fourth-order valence-electron chi connectivity index (χ4n) is 2.14. The maximum Gasteiger partial charge on any atom is 0.123 e. The Morgan fingerprint density at radius 1 is 1.09 bits per heavy atom. The van der Waals surface area contributed by atoms with E-state index in [9.17, 15) is 9.65 Å². The van der Waals surface area contributed by atoms with Crippen molar-refractivity contribution in [2.45, 2.75) is 9.92 Å². The summed E-state index contributed by atoms with van der Waals surface area (Å²) in [5, 5.41) is 14.7. The molecule has 0 amide bonds. The van der Waals surface area contributed by atoms with Crippen LogP contribution in [0.25, 0.3) is 11.3 Å². The van der Waals surface area contributed by atoms with Crippen LogP contribution >= 0.6 is 11.8 Å². The number of hydrogen-bond acceptors (Lipinski definition) is 3. The normalized spacial score (nSPS) is 10.4. The van der Waals surface area contributed by atoms with Crippen LogP contribution in [0.4, 0.5) is 4.39 Å². The van der Waals surface area contributed by atoms with Crippen molar-refractivity contribution in [3.8, 4) is 17.3 Å². The number of hydrogen-bond donors (Lipinski definition) is 0. The van der Waals surface area contributed by atoms with Crippen molar-refractivity contribution in [1.29, 1.82) is 5.26 Å². The van der Waals surface area contributed by atoms with E-state index in [-0.39, 0.29) is 5.82 Å². The zero-order valence-electron chi connectivity index (χ0n) is 11.8. The van der Waals surface area contributed by atoms with E-state index in [0.717, 1.165) is 15.5 Å². The van der Waals surface area contributed by atoms with Gasteiger partial charge in [0.1, 0.15) is 28.2 Å². The van der Waals surface area contributed by atoms with Gasteiger partial charge in [0.25, 0.3) is 0 Å². The molecular formula is C17H12FN3S. The third-order valence-electron chi connectivity index (χ3n) is 3.18. The third kappa shape index (κ3) is 2.74. The van der Waals surface area contributed by atoms with Crippen molar-refractivity contribution in [3.05, 3.63) is 66.0 Å². The molecule has 5 heteroatoms. The molecule has 0 aliphatic rings. The summed E-state index contributed by atoms with van der Waals surface area (Å²) in [5.41, 5.74) is 2.10. The number of halogens is 1. The van der Waals surface area contributed by atoms with Gasteiger partial charge in [-0.1, -0.05) is 42.1 Å². The highest BCUT2D eigenvalue weighted by atomic mass is 32.2. The molecule has 2 aromatic carbocycles. The molecule has 1 aromatic heterocycles. The van der Waals surface area contributed by atoms with E-state index in [0.29, 0.717) is 11.3 Å². The van der Waals surface area contributed by atoms with E-state index < -0.39 is 0 Å². The van der Waals surface area contributed by atoms with Crippen molar-refractivity contribution in [2.75, 3.05) is 0 Å². The minimum Gasteiger partial charge on any atom is -0.260 e. The van der Waals surface area contributed by atoms with E-state index in [1.807, 2.05) is 30.3 Å². The zero-order chi connectivity index (χ0) is 15.5. The lowest BCUT2D eigenvalue weighted by Crippen LogP contribution is -1.92. The van der Waals surface area contributed by atoms with Crippen LogP contribution in [0, 0.1) is 17.1 Å². The molecule has 0 spiro atoms. The summed E-state index contributed by atoms with van der Waals surface area (Å²) in [5.74, 6) is -0.278. The van der Waals surface area contributed by atoms with Crippen LogP contribution in [0.2, 0.25) is 0 Å². The minimum atomic E-state index is -0.278. The molecule has 0 saturated heterocycles. The van der Waals surface area contributed by atoms with Crippen molar-refractivity contribution < 1.29 is 4.39 Å². The molecule has 108 valence electrons. The van der Waals surface area contributed by atoms with Crippen LogP contribution in [-0.4, -0.2) is 9.78 Å². The quantitative estimate of drug-likeness (QED) is 0.726. The number of benzene rings is 2. The highest BCUT2D eigenvalue weighted by Gasteiger charge is 2.18. The number of nitriles is 1. The lowest BCUT2D eigenvalue weighted by atomic mass is 10.1. The lowest BCUT2D eigenvalue weighted by Gasteiger charge is -2.02. The molecule has 0 saturated carbocycles. The van der Waals surface area contributed by atoms with E-state index >= 15 is 0 Å². The Morgan fingerprint density at radius 2 is 1.77 bits per heavy atom. The average Bonchev–Trinajstić information content (AvgIpc) is 2.86. The molecular weight excluding hydrogens is 297 g/mol. The van der Waals surface area contributed by atoms with Crippen molar-refractivity contribution in [1.82, 2.24) is 9.78 Å². The minimum absolute atomic E-state index is 0.278. The summed E-state index contributed by atoms with van der Waals surface area (Å²) in [6, 6.07) is 18.0. The molecule has 3 nitrogen and oxygen atoms in total. The van der Waals surface area contributed by atoms with Crippen LogP contribution in [0.1, 0.15) is 5.56 Å². The number of aryl methyl sites for hydroxylation is 1. The smallest absolute Gasteiger partial charge is 0.123 e. The largest absolute Gasteiger partial charge is 0.260 e. The number of rotatable bonds is 3. The van der Waals surface area contributed by atoms with Gasteiger partial charge in [0, 0.05) is 17.5 Å². The molecule has 0 bridgehead atoms. The van der Waals surface area contributed by atoms with Gasteiger partial charge in [0.15, 0.2) is 0 Å². The molecule has 3 aromatic rings. The second-order valence-electron chi connectivity index (χ2n) is 4.69. The van der Waals surface area contributed by atoms with Gasteiger partial charge in [-0.2, -0.15) is 10.4 Å². The van der Waals surface area contributed by atoms with E-state index in [1.165, 1.54) is 23.9 Å². The fraction of sp³-hybridized carbons (Fsp3) is 0.0588. The molecule has 0 aliphatic heterocycles. The molecule has 1 heterocycles. The Kier molecular flexibility index (Phi) is 3.94. The van der Waals surface area contributed by atoms with Crippen LogP contribution < -0.4 is 0 Å². The fourth-order valence-corrected chi connectivity index (χ4v) is 3.05. The Bertz CT molecular complexity index is 833. The van der Waals surface area contributed by atoms with Gasteiger partial charge >= 0.3 is 0 Å². The topological polar surface area (TPSA) is 41.6 Å². The second kappa shape index (κ2) is 6.04. The molecule has 3 rings (SSSR count). The summed E-state index contributed by atoms with van der Waals surface area (Å²) < 4.78 is 14.7. The summed E-state index contributed by atoms with van der Waals surface area (Å²) in [7, 11) is 1.80. The second-order valence-corrected chi connectivity index (χ2v) is 5.75. The first-order valence-corrected chi connectivity index (χ1v) is 7.46. The molecule has 0 atom stereocenters. The summed E-state index contributed by atoms with van der Waals surface area (Å²) in [6.45, 7) is 0. The molecule has 0 fully saturated rings. The first kappa shape index (κ1) is 14.4. The summed E-state index contributed by atoms with van der Waals surface area (Å²) in [6.07, 6.45) is 0. The number of nitrogens with zero attached hydrogens (tertiary/aromatic N) is 3. The summed E-state index contributed by atoms with van der Waals surface area (Å²) in [4.78, 5) is 0.862. The predicted molar refractivity (Wildman–Crippen MR) is 83.9 cm³/mol. The zero-order valence-corrected chi connectivity index (χ0v) is 12.6. The Morgan fingerprint density at radius 3 is 2.41 bits per heavy atom. The Balaban J connectivity index is 2.04. The highest BCUT2D eigenvalue weighted by molar-refractivity contribution is 7.99. The van der Waals surface area contributed by atoms with Gasteiger partial charge in [-0.25, -0.2) is 4.39 Å². The molecule has 0 unspecified atom stereocenters. The van der Waals surface area contributed by atoms with Crippen LogP contribution in [-0.2, 0) is 7.05 Å². The van der Waals surface area contributed by atoms with E-state index in [2.05, 4.69) is 11.2 Å². The first-order chi connectivity index (χ1) is 10.7. The van der Waals surface area contributed by atoms with Gasteiger partial charge in [-0.05, 0) is 24.3 Å². The monoisotopic (exact) mass is 309 g/mol. The van der Waals surface area contributed by atoms with Gasteiger partial charge < -0.3 is 0 Å². The molecule has 22 heavy (non-hydrogen) atoms. The van der Waals surface area contributed by atoms with Gasteiger partial charge in [0.05, 0.1) is 0 Å². The Labute approximate surface area is 132 Å². The SMILES string of the molecule is Cn1nc(-c2ccccc2)c(C#N)c1Sc1ccc(F)cc1. The molecule has 0 N–H and O–H groups in total.